The SMILES string of the molecule is CC[C@@H](C)Nc1ccc(N[C@H](C)CC)cc1. The number of rotatable bonds is 6. The van der Waals surface area contributed by atoms with Gasteiger partial charge in [0.2, 0.25) is 0 Å². The van der Waals surface area contributed by atoms with Gasteiger partial charge < -0.3 is 10.6 Å². The quantitative estimate of drug-likeness (QED) is 0.754. The van der Waals surface area contributed by atoms with Crippen molar-refractivity contribution in [2.24, 2.45) is 0 Å². The van der Waals surface area contributed by atoms with E-state index in [1.54, 1.807) is 0 Å². The maximum absolute atomic E-state index is 3.46. The van der Waals surface area contributed by atoms with Crippen molar-refractivity contribution in [1.82, 2.24) is 0 Å². The summed E-state index contributed by atoms with van der Waals surface area (Å²) >= 11 is 0. The molecule has 0 heterocycles. The number of hydrogen-bond donors (Lipinski definition) is 2. The zero-order valence-electron chi connectivity index (χ0n) is 10.9. The van der Waals surface area contributed by atoms with Gasteiger partial charge in [0.15, 0.2) is 0 Å². The molecule has 0 bridgehead atoms. The first-order chi connectivity index (χ1) is 7.65. The molecule has 2 N–H and O–H groups in total. The van der Waals surface area contributed by atoms with Crippen molar-refractivity contribution in [1.29, 1.82) is 0 Å². The number of benzene rings is 1. The van der Waals surface area contributed by atoms with Crippen LogP contribution < -0.4 is 10.6 Å². The van der Waals surface area contributed by atoms with Crippen molar-refractivity contribution in [3.63, 3.8) is 0 Å². The molecule has 16 heavy (non-hydrogen) atoms. The molecule has 2 heteroatoms. The van der Waals surface area contributed by atoms with E-state index in [2.05, 4.69) is 62.6 Å². The van der Waals surface area contributed by atoms with Gasteiger partial charge in [0.05, 0.1) is 0 Å². The molecule has 2 nitrogen and oxygen atoms in total. The van der Waals surface area contributed by atoms with E-state index < -0.39 is 0 Å². The molecule has 0 aliphatic carbocycles. The first-order valence-corrected chi connectivity index (χ1v) is 6.28. The topological polar surface area (TPSA) is 24.1 Å². The molecular weight excluding hydrogens is 196 g/mol. The molecule has 0 radical (unpaired) electrons. The highest BCUT2D eigenvalue weighted by Gasteiger charge is 2.00. The van der Waals surface area contributed by atoms with E-state index >= 15 is 0 Å². The summed E-state index contributed by atoms with van der Waals surface area (Å²) in [6.45, 7) is 8.78. The molecule has 1 aromatic rings. The van der Waals surface area contributed by atoms with Gasteiger partial charge in [-0.15, -0.1) is 0 Å². The average molecular weight is 220 g/mol. The van der Waals surface area contributed by atoms with Gasteiger partial charge in [-0.25, -0.2) is 0 Å². The van der Waals surface area contributed by atoms with Gasteiger partial charge >= 0.3 is 0 Å². The Morgan fingerprint density at radius 2 is 1.12 bits per heavy atom. The van der Waals surface area contributed by atoms with Crippen LogP contribution in [-0.4, -0.2) is 12.1 Å². The van der Waals surface area contributed by atoms with Crippen LogP contribution in [0.3, 0.4) is 0 Å². The predicted molar refractivity (Wildman–Crippen MR) is 73.2 cm³/mol. The monoisotopic (exact) mass is 220 g/mol. The number of hydrogen-bond acceptors (Lipinski definition) is 2. The molecule has 0 fully saturated rings. The second-order valence-corrected chi connectivity index (χ2v) is 4.48. The highest BCUT2D eigenvalue weighted by Crippen LogP contribution is 2.16. The molecule has 2 atom stereocenters. The van der Waals surface area contributed by atoms with Gasteiger partial charge in [0, 0.05) is 23.5 Å². The van der Waals surface area contributed by atoms with Crippen molar-refractivity contribution in [2.75, 3.05) is 10.6 Å². The normalized spacial score (nSPS) is 14.2. The van der Waals surface area contributed by atoms with Gasteiger partial charge in [0.1, 0.15) is 0 Å². The fraction of sp³-hybridized carbons (Fsp3) is 0.571. The Kier molecular flexibility index (Phi) is 5.17. The largest absolute Gasteiger partial charge is 0.383 e. The van der Waals surface area contributed by atoms with Crippen molar-refractivity contribution in [3.05, 3.63) is 24.3 Å². The lowest BCUT2D eigenvalue weighted by atomic mass is 10.2. The highest BCUT2D eigenvalue weighted by molar-refractivity contribution is 5.54. The van der Waals surface area contributed by atoms with Crippen molar-refractivity contribution < 1.29 is 0 Å². The van der Waals surface area contributed by atoms with Crippen LogP contribution in [0.2, 0.25) is 0 Å². The molecule has 1 aromatic carbocycles. The van der Waals surface area contributed by atoms with Gasteiger partial charge in [-0.3, -0.25) is 0 Å². The molecule has 0 saturated heterocycles. The second-order valence-electron chi connectivity index (χ2n) is 4.48. The molecule has 1 rings (SSSR count). The Morgan fingerprint density at radius 3 is 1.38 bits per heavy atom. The zero-order chi connectivity index (χ0) is 12.0. The lowest BCUT2D eigenvalue weighted by Crippen LogP contribution is -2.14. The summed E-state index contributed by atoms with van der Waals surface area (Å²) in [5.74, 6) is 0. The van der Waals surface area contributed by atoms with E-state index in [0.29, 0.717) is 12.1 Å². The van der Waals surface area contributed by atoms with Gasteiger partial charge in [-0.1, -0.05) is 13.8 Å². The van der Waals surface area contributed by atoms with Crippen molar-refractivity contribution >= 4 is 11.4 Å². The summed E-state index contributed by atoms with van der Waals surface area (Å²) < 4.78 is 0. The summed E-state index contributed by atoms with van der Waals surface area (Å²) in [4.78, 5) is 0. The molecule has 0 saturated carbocycles. The molecule has 0 unspecified atom stereocenters. The first kappa shape index (κ1) is 12.9. The van der Waals surface area contributed by atoms with E-state index in [9.17, 15) is 0 Å². The number of nitrogens with one attached hydrogen (secondary N) is 2. The van der Waals surface area contributed by atoms with E-state index in [4.69, 9.17) is 0 Å². The minimum Gasteiger partial charge on any atom is -0.383 e. The Hall–Kier alpha value is -1.18. The van der Waals surface area contributed by atoms with Crippen LogP contribution in [0.1, 0.15) is 40.5 Å². The molecule has 0 spiro atoms. The van der Waals surface area contributed by atoms with Crippen LogP contribution in [0.25, 0.3) is 0 Å². The minimum absolute atomic E-state index is 0.536. The van der Waals surface area contributed by atoms with Crippen LogP contribution in [-0.2, 0) is 0 Å². The smallest absolute Gasteiger partial charge is 0.0343 e. The van der Waals surface area contributed by atoms with Gasteiger partial charge in [0.25, 0.3) is 0 Å². The van der Waals surface area contributed by atoms with Crippen molar-refractivity contribution in [3.8, 4) is 0 Å². The summed E-state index contributed by atoms with van der Waals surface area (Å²) in [7, 11) is 0. The maximum Gasteiger partial charge on any atom is 0.0343 e. The second kappa shape index (κ2) is 6.41. The Bertz CT molecular complexity index is 261. The molecule has 90 valence electrons. The highest BCUT2D eigenvalue weighted by atomic mass is 14.9. The third kappa shape index (κ3) is 4.13. The number of anilines is 2. The molecule has 0 amide bonds. The summed E-state index contributed by atoms with van der Waals surface area (Å²) in [6.07, 6.45) is 2.29. The van der Waals surface area contributed by atoms with Crippen LogP contribution in [0, 0.1) is 0 Å². The molecule has 0 aliphatic heterocycles. The van der Waals surface area contributed by atoms with E-state index in [-0.39, 0.29) is 0 Å². The van der Waals surface area contributed by atoms with E-state index in [1.165, 1.54) is 11.4 Å². The summed E-state index contributed by atoms with van der Waals surface area (Å²) in [5, 5.41) is 6.92. The molecule has 0 aliphatic rings. The Morgan fingerprint density at radius 1 is 0.812 bits per heavy atom. The van der Waals surface area contributed by atoms with Crippen LogP contribution >= 0.6 is 0 Å². The standard InChI is InChI=1S/C14H24N2/c1-5-11(3)15-13-7-9-14(10-8-13)16-12(4)6-2/h7-12,15-16H,5-6H2,1-4H3/t11-,12-/m1/s1. The first-order valence-electron chi connectivity index (χ1n) is 6.28. The Balaban J connectivity index is 2.54. The maximum atomic E-state index is 3.46. The lowest BCUT2D eigenvalue weighted by Gasteiger charge is -2.15. The molecule has 0 aromatic heterocycles. The third-order valence-electron chi connectivity index (χ3n) is 2.94. The van der Waals surface area contributed by atoms with E-state index in [1.807, 2.05) is 0 Å². The van der Waals surface area contributed by atoms with Gasteiger partial charge in [-0.05, 0) is 51.0 Å². The third-order valence-corrected chi connectivity index (χ3v) is 2.94. The fourth-order valence-electron chi connectivity index (χ4n) is 1.44. The minimum atomic E-state index is 0.536. The zero-order valence-corrected chi connectivity index (χ0v) is 10.9. The van der Waals surface area contributed by atoms with Gasteiger partial charge in [-0.2, -0.15) is 0 Å². The predicted octanol–water partition coefficient (Wildman–Crippen LogP) is 4.11. The lowest BCUT2D eigenvalue weighted by molar-refractivity contribution is 0.761. The molecular formula is C14H24N2. The summed E-state index contributed by atoms with van der Waals surface area (Å²) in [6, 6.07) is 9.61. The van der Waals surface area contributed by atoms with Crippen LogP contribution in [0.15, 0.2) is 24.3 Å². The van der Waals surface area contributed by atoms with Crippen molar-refractivity contribution in [2.45, 2.75) is 52.6 Å². The van der Waals surface area contributed by atoms with E-state index in [0.717, 1.165) is 12.8 Å². The Labute approximate surface area is 99.5 Å². The average Bonchev–Trinajstić information content (AvgIpc) is 2.31. The van der Waals surface area contributed by atoms with Crippen LogP contribution in [0.5, 0.6) is 0 Å². The summed E-state index contributed by atoms with van der Waals surface area (Å²) in [5.41, 5.74) is 2.40. The fourth-order valence-corrected chi connectivity index (χ4v) is 1.44. The van der Waals surface area contributed by atoms with Crippen LogP contribution in [0.4, 0.5) is 11.4 Å².